The summed E-state index contributed by atoms with van der Waals surface area (Å²) in [5.41, 5.74) is 5.38. The van der Waals surface area contributed by atoms with Crippen molar-refractivity contribution in [1.82, 2.24) is 0 Å². The summed E-state index contributed by atoms with van der Waals surface area (Å²) in [5.74, 6) is 0. The fourth-order valence-electron chi connectivity index (χ4n) is 0.440. The third-order valence-electron chi connectivity index (χ3n) is 1.15. The van der Waals surface area contributed by atoms with Crippen LogP contribution in [0.4, 0.5) is 0 Å². The van der Waals surface area contributed by atoms with Crippen LogP contribution in [0.1, 0.15) is 19.3 Å². The van der Waals surface area contributed by atoms with E-state index in [1.54, 1.807) is 0 Å². The van der Waals surface area contributed by atoms with Gasteiger partial charge in [0.25, 0.3) is 0 Å². The van der Waals surface area contributed by atoms with E-state index in [-0.39, 0.29) is 0 Å². The molecule has 40 valence electrons. The molecule has 2 N–H and O–H groups in total. The van der Waals surface area contributed by atoms with E-state index in [1.165, 1.54) is 19.3 Å². The van der Waals surface area contributed by atoms with Crippen LogP contribution in [0.5, 0.6) is 0 Å². The number of hydrogen-bond acceptors (Lipinski definition) is 2. The Labute approximate surface area is 43.9 Å². The smallest absolute Gasteiger partial charge is 0.0462 e. The van der Waals surface area contributed by atoms with Gasteiger partial charge in [0, 0.05) is 12.6 Å². The number of nitriles is 1. The first kappa shape index (κ1) is 6.45. The van der Waals surface area contributed by atoms with Crippen LogP contribution in [0, 0.1) is 11.8 Å². The summed E-state index contributed by atoms with van der Waals surface area (Å²) in [6.45, 7) is 3.50. The van der Waals surface area contributed by atoms with Gasteiger partial charge in [-0.25, -0.2) is 5.26 Å². The molecule has 1 rings (SSSR count). The van der Waals surface area contributed by atoms with Gasteiger partial charge in [0.05, 0.1) is 0 Å². The van der Waals surface area contributed by atoms with Gasteiger partial charge in [-0.2, -0.15) is 0 Å². The van der Waals surface area contributed by atoms with Gasteiger partial charge in [-0.05, 0) is 12.8 Å². The summed E-state index contributed by atoms with van der Waals surface area (Å²) in [5, 5.41) is 6.50. The van der Waals surface area contributed by atoms with Crippen molar-refractivity contribution in [1.29, 1.82) is 5.26 Å². The number of rotatable bonds is 0. The van der Waals surface area contributed by atoms with Gasteiger partial charge in [0.15, 0.2) is 0 Å². The minimum absolute atomic E-state index is 0.565. The summed E-state index contributed by atoms with van der Waals surface area (Å²) < 4.78 is 0. The fourth-order valence-corrected chi connectivity index (χ4v) is 0.440. The van der Waals surface area contributed by atoms with E-state index >= 15 is 0 Å². The normalized spacial score (nSPS) is 18.7. The lowest BCUT2D eigenvalue weighted by molar-refractivity contribution is 0.418. The molecule has 0 unspecified atom stereocenters. The van der Waals surface area contributed by atoms with Crippen LogP contribution in [-0.2, 0) is 0 Å². The molecule has 0 aliphatic heterocycles. The Bertz CT molecular complexity index is 54.3. The van der Waals surface area contributed by atoms with Gasteiger partial charge in [-0.15, -0.1) is 0 Å². The summed E-state index contributed by atoms with van der Waals surface area (Å²) in [7, 11) is 0. The summed E-state index contributed by atoms with van der Waals surface area (Å²) in [4.78, 5) is 0. The average Bonchev–Trinajstić information content (AvgIpc) is 1.68. The Kier molecular flexibility index (Phi) is 3.35. The predicted octanol–water partition coefficient (Wildman–Crippen LogP) is 0.637. The first-order valence-corrected chi connectivity index (χ1v) is 2.41. The number of nitrogens with zero attached hydrogens (tertiary/aromatic N) is 1. The van der Waals surface area contributed by atoms with Crippen LogP contribution < -0.4 is 5.73 Å². The maximum Gasteiger partial charge on any atom is 0.0462 e. The molecule has 2 nitrogen and oxygen atoms in total. The van der Waals surface area contributed by atoms with E-state index in [2.05, 4.69) is 6.57 Å². The molecule has 0 radical (unpaired) electrons. The van der Waals surface area contributed by atoms with Gasteiger partial charge in [0.2, 0.25) is 0 Å². The maximum absolute atomic E-state index is 6.50. The molecular formula is C5H10N2. The summed E-state index contributed by atoms with van der Waals surface area (Å²) >= 11 is 0. The molecule has 0 aromatic rings. The van der Waals surface area contributed by atoms with Gasteiger partial charge in [-0.1, -0.05) is 6.42 Å². The van der Waals surface area contributed by atoms with E-state index in [1.807, 2.05) is 0 Å². The number of nitrogens with two attached hydrogens (primary N) is 1. The first-order valence-electron chi connectivity index (χ1n) is 2.41. The van der Waals surface area contributed by atoms with Crippen molar-refractivity contribution in [3.8, 4) is 6.57 Å². The van der Waals surface area contributed by atoms with Crippen molar-refractivity contribution < 1.29 is 0 Å². The van der Waals surface area contributed by atoms with E-state index in [9.17, 15) is 0 Å². The standard InChI is InChI=1S/C4H9N.CHN/c5-4-2-1-3-4;1-2/h4H,1-3,5H2;1H. The summed E-state index contributed by atoms with van der Waals surface area (Å²) in [6, 6.07) is 0.565. The quantitative estimate of drug-likeness (QED) is 0.483. The molecule has 2 heteroatoms. The first-order chi connectivity index (χ1) is 3.39. The maximum atomic E-state index is 6.50. The number of hydrogen-bond donors (Lipinski definition) is 1. The second-order valence-corrected chi connectivity index (χ2v) is 1.69. The lowest BCUT2D eigenvalue weighted by atomic mass is 9.95. The van der Waals surface area contributed by atoms with Gasteiger partial charge < -0.3 is 5.73 Å². The van der Waals surface area contributed by atoms with Gasteiger partial charge in [-0.3, -0.25) is 0 Å². The molecule has 1 aliphatic carbocycles. The van der Waals surface area contributed by atoms with Crippen molar-refractivity contribution in [3.63, 3.8) is 0 Å². The molecular weight excluding hydrogens is 88.1 g/mol. The zero-order valence-corrected chi connectivity index (χ0v) is 4.30. The van der Waals surface area contributed by atoms with Crippen LogP contribution >= 0.6 is 0 Å². The Morgan fingerprint density at radius 1 is 1.43 bits per heavy atom. The van der Waals surface area contributed by atoms with E-state index in [0.29, 0.717) is 6.04 Å². The molecule has 7 heavy (non-hydrogen) atoms. The van der Waals surface area contributed by atoms with Crippen LogP contribution in [0.25, 0.3) is 0 Å². The van der Waals surface area contributed by atoms with Crippen molar-refractivity contribution in [2.24, 2.45) is 5.73 Å². The predicted molar refractivity (Wildman–Crippen MR) is 28.5 cm³/mol. The highest BCUT2D eigenvalue weighted by molar-refractivity contribution is 4.70. The minimum atomic E-state index is 0.565. The molecule has 0 aromatic carbocycles. The van der Waals surface area contributed by atoms with Crippen LogP contribution in [0.2, 0.25) is 0 Å². The van der Waals surface area contributed by atoms with Crippen LogP contribution in [0.3, 0.4) is 0 Å². The average molecular weight is 98.1 g/mol. The largest absolute Gasteiger partial charge is 0.328 e. The second-order valence-electron chi connectivity index (χ2n) is 1.69. The Balaban J connectivity index is 0.000000162. The van der Waals surface area contributed by atoms with Gasteiger partial charge in [0.1, 0.15) is 0 Å². The monoisotopic (exact) mass is 98.1 g/mol. The van der Waals surface area contributed by atoms with Crippen molar-refractivity contribution in [2.75, 3.05) is 0 Å². The fraction of sp³-hybridized carbons (Fsp3) is 0.800. The highest BCUT2D eigenvalue weighted by Gasteiger charge is 2.09. The Morgan fingerprint density at radius 3 is 1.71 bits per heavy atom. The molecule has 1 fully saturated rings. The van der Waals surface area contributed by atoms with Crippen LogP contribution in [0.15, 0.2) is 0 Å². The topological polar surface area (TPSA) is 49.8 Å². The molecule has 0 aromatic heterocycles. The highest BCUT2D eigenvalue weighted by atomic mass is 14.6. The minimum Gasteiger partial charge on any atom is -0.328 e. The Hall–Kier alpha value is -0.550. The van der Waals surface area contributed by atoms with E-state index in [4.69, 9.17) is 11.0 Å². The molecule has 0 saturated heterocycles. The summed E-state index contributed by atoms with van der Waals surface area (Å²) in [6.07, 6.45) is 3.89. The SMILES string of the molecule is C#N.NC1CCC1. The lowest BCUT2D eigenvalue weighted by Crippen LogP contribution is -2.27. The Morgan fingerprint density at radius 2 is 1.71 bits per heavy atom. The van der Waals surface area contributed by atoms with Crippen molar-refractivity contribution in [2.45, 2.75) is 25.3 Å². The zero-order valence-electron chi connectivity index (χ0n) is 4.30. The third kappa shape index (κ3) is 2.18. The van der Waals surface area contributed by atoms with Crippen LogP contribution in [-0.4, -0.2) is 6.04 Å². The van der Waals surface area contributed by atoms with E-state index < -0.39 is 0 Å². The van der Waals surface area contributed by atoms with Crippen molar-refractivity contribution >= 4 is 0 Å². The van der Waals surface area contributed by atoms with E-state index in [0.717, 1.165) is 0 Å². The van der Waals surface area contributed by atoms with Crippen molar-refractivity contribution in [3.05, 3.63) is 0 Å². The molecule has 0 atom stereocenters. The van der Waals surface area contributed by atoms with Gasteiger partial charge >= 0.3 is 0 Å². The molecule has 0 heterocycles. The third-order valence-corrected chi connectivity index (χ3v) is 1.15. The zero-order chi connectivity index (χ0) is 5.70. The molecule has 0 spiro atoms. The molecule has 0 amide bonds. The molecule has 1 saturated carbocycles. The highest BCUT2D eigenvalue weighted by Crippen LogP contribution is 2.14. The second kappa shape index (κ2) is 3.63. The lowest BCUT2D eigenvalue weighted by Gasteiger charge is -2.18. The molecule has 1 aliphatic rings. The molecule has 0 bridgehead atoms.